The van der Waals surface area contributed by atoms with Crippen LogP contribution in [-0.2, 0) is 20.8 Å². The van der Waals surface area contributed by atoms with Crippen LogP contribution in [0.15, 0.2) is 103 Å². The molecular formula is C33H25N3O5. The van der Waals surface area contributed by atoms with E-state index in [0.717, 1.165) is 27.8 Å². The van der Waals surface area contributed by atoms with Crippen molar-refractivity contribution in [2.75, 3.05) is 5.32 Å². The molecule has 3 aliphatic carbocycles. The number of imide groups is 1. The van der Waals surface area contributed by atoms with Crippen LogP contribution in [0.3, 0.4) is 0 Å². The average Bonchev–Trinajstić information content (AvgIpc) is 3.26. The molecule has 4 aromatic carbocycles. The molecule has 41 heavy (non-hydrogen) atoms. The molecule has 8 nitrogen and oxygen atoms in total. The van der Waals surface area contributed by atoms with Gasteiger partial charge in [0.2, 0.25) is 17.7 Å². The van der Waals surface area contributed by atoms with Crippen LogP contribution in [-0.4, -0.2) is 33.6 Å². The minimum Gasteiger partial charge on any atom is -0.324 e. The summed E-state index contributed by atoms with van der Waals surface area (Å²) < 4.78 is 0. The number of benzene rings is 4. The zero-order chi connectivity index (χ0) is 28.2. The van der Waals surface area contributed by atoms with Crippen molar-refractivity contribution < 1.29 is 19.3 Å². The number of non-ortho nitro benzene ring substituents is 1. The smallest absolute Gasteiger partial charge is 0.269 e. The van der Waals surface area contributed by atoms with E-state index in [1.807, 2.05) is 78.9 Å². The van der Waals surface area contributed by atoms with E-state index in [9.17, 15) is 24.5 Å². The lowest BCUT2D eigenvalue weighted by atomic mass is 9.55. The molecule has 1 heterocycles. The van der Waals surface area contributed by atoms with Gasteiger partial charge in [-0.3, -0.25) is 29.4 Å². The van der Waals surface area contributed by atoms with Crippen LogP contribution in [0.25, 0.3) is 0 Å². The predicted octanol–water partition coefficient (Wildman–Crippen LogP) is 5.04. The highest BCUT2D eigenvalue weighted by atomic mass is 16.6. The van der Waals surface area contributed by atoms with Crippen molar-refractivity contribution in [2.24, 2.45) is 11.8 Å². The van der Waals surface area contributed by atoms with Gasteiger partial charge in [-0.05, 0) is 39.9 Å². The maximum absolute atomic E-state index is 14.3. The van der Waals surface area contributed by atoms with Gasteiger partial charge in [0.1, 0.15) is 6.04 Å². The molecule has 0 radical (unpaired) electrons. The Kier molecular flexibility index (Phi) is 5.78. The van der Waals surface area contributed by atoms with Gasteiger partial charge in [-0.2, -0.15) is 0 Å². The van der Waals surface area contributed by atoms with Gasteiger partial charge in [-0.1, -0.05) is 78.9 Å². The van der Waals surface area contributed by atoms with Crippen LogP contribution in [0.4, 0.5) is 11.4 Å². The van der Waals surface area contributed by atoms with Crippen molar-refractivity contribution in [2.45, 2.75) is 24.3 Å². The van der Waals surface area contributed by atoms with E-state index in [1.54, 1.807) is 0 Å². The lowest BCUT2D eigenvalue weighted by Gasteiger charge is -2.45. The minimum atomic E-state index is -1.09. The topological polar surface area (TPSA) is 110 Å². The molecular weight excluding hydrogens is 518 g/mol. The standard InChI is InChI=1S/C33H25N3O5/c37-31(34-20-14-16-21(17-15-20)36(40)41)26(18-19-8-2-1-3-9-19)35-32(38)29-27-22-10-4-5-11-23(22)28(30(29)33(35)39)25-13-7-6-12-24(25)27/h1-17,26-30H,18H2,(H,34,37)/t26-,27?,28?,29-,30-/m0/s1. The fourth-order valence-electron chi connectivity index (χ4n) is 7.04. The Morgan fingerprint density at radius 2 is 1.20 bits per heavy atom. The number of nitrogens with zero attached hydrogens (tertiary/aromatic N) is 2. The minimum absolute atomic E-state index is 0.104. The fraction of sp³-hybridized carbons (Fsp3) is 0.182. The number of nitro groups is 1. The third-order valence-corrected chi connectivity index (χ3v) is 8.71. The normalized spacial score (nSPS) is 22.5. The van der Waals surface area contributed by atoms with Crippen molar-refractivity contribution in [1.29, 1.82) is 0 Å². The van der Waals surface area contributed by atoms with Crippen LogP contribution in [0, 0.1) is 22.0 Å². The molecule has 1 aliphatic heterocycles. The highest BCUT2D eigenvalue weighted by molar-refractivity contribution is 6.11. The number of carbonyl (C=O) groups is 3. The first-order valence-electron chi connectivity index (χ1n) is 13.6. The predicted molar refractivity (Wildman–Crippen MR) is 151 cm³/mol. The summed E-state index contributed by atoms with van der Waals surface area (Å²) in [5, 5.41) is 13.9. The molecule has 202 valence electrons. The number of hydrogen-bond acceptors (Lipinski definition) is 5. The van der Waals surface area contributed by atoms with E-state index in [1.165, 1.54) is 29.2 Å². The van der Waals surface area contributed by atoms with E-state index in [0.29, 0.717) is 5.69 Å². The summed E-state index contributed by atoms with van der Waals surface area (Å²) in [6.07, 6.45) is 0.145. The number of rotatable bonds is 6. The average molecular weight is 544 g/mol. The molecule has 1 saturated heterocycles. The number of carbonyl (C=O) groups excluding carboxylic acids is 3. The number of hydrogen-bond donors (Lipinski definition) is 1. The Morgan fingerprint density at radius 3 is 1.66 bits per heavy atom. The lowest BCUT2D eigenvalue weighted by Crippen LogP contribution is -2.49. The monoisotopic (exact) mass is 543 g/mol. The lowest BCUT2D eigenvalue weighted by molar-refractivity contribution is -0.384. The molecule has 8 heteroatoms. The fourth-order valence-corrected chi connectivity index (χ4v) is 7.04. The third-order valence-electron chi connectivity index (χ3n) is 8.71. The summed E-state index contributed by atoms with van der Waals surface area (Å²) in [6, 6.07) is 29.7. The Hall–Kier alpha value is -5.11. The van der Waals surface area contributed by atoms with Crippen molar-refractivity contribution >= 4 is 29.1 Å². The molecule has 0 aromatic heterocycles. The molecule has 4 aliphatic rings. The number of likely N-dealkylation sites (tertiary alicyclic amines) is 1. The molecule has 8 rings (SSSR count). The van der Waals surface area contributed by atoms with Crippen LogP contribution in [0.5, 0.6) is 0 Å². The van der Waals surface area contributed by atoms with Gasteiger partial charge in [0.15, 0.2) is 0 Å². The van der Waals surface area contributed by atoms with E-state index >= 15 is 0 Å². The van der Waals surface area contributed by atoms with Crippen LogP contribution in [0.1, 0.15) is 39.7 Å². The van der Waals surface area contributed by atoms with E-state index in [-0.39, 0.29) is 35.8 Å². The largest absolute Gasteiger partial charge is 0.324 e. The van der Waals surface area contributed by atoms with E-state index in [4.69, 9.17) is 0 Å². The molecule has 0 saturated carbocycles. The summed E-state index contributed by atoms with van der Waals surface area (Å²) in [5.74, 6) is -2.92. The second-order valence-corrected chi connectivity index (χ2v) is 10.8. The number of anilines is 1. The Morgan fingerprint density at radius 1 is 0.732 bits per heavy atom. The van der Waals surface area contributed by atoms with Crippen molar-refractivity contribution in [3.8, 4) is 0 Å². The Labute approximate surface area is 235 Å². The Bertz CT molecular complexity index is 1600. The quantitative estimate of drug-likeness (QED) is 0.208. The maximum Gasteiger partial charge on any atom is 0.269 e. The number of amides is 3. The second kappa shape index (κ2) is 9.52. The molecule has 0 spiro atoms. The second-order valence-electron chi connectivity index (χ2n) is 10.8. The molecule has 4 aromatic rings. The highest BCUT2D eigenvalue weighted by Gasteiger charge is 2.63. The van der Waals surface area contributed by atoms with Crippen LogP contribution < -0.4 is 5.32 Å². The number of nitro benzene ring substituents is 1. The van der Waals surface area contributed by atoms with Gasteiger partial charge in [-0.15, -0.1) is 0 Å². The van der Waals surface area contributed by atoms with Crippen LogP contribution >= 0.6 is 0 Å². The summed E-state index contributed by atoms with van der Waals surface area (Å²) >= 11 is 0. The summed E-state index contributed by atoms with van der Waals surface area (Å²) in [6.45, 7) is 0. The summed E-state index contributed by atoms with van der Waals surface area (Å²) in [7, 11) is 0. The van der Waals surface area contributed by atoms with Gasteiger partial charge in [0.25, 0.3) is 5.69 Å². The van der Waals surface area contributed by atoms with Crippen molar-refractivity contribution in [3.63, 3.8) is 0 Å². The molecule has 3 amide bonds. The molecule has 3 atom stereocenters. The summed E-state index contributed by atoms with van der Waals surface area (Å²) in [4.78, 5) is 54.2. The molecule has 1 fully saturated rings. The molecule has 0 unspecified atom stereocenters. The van der Waals surface area contributed by atoms with E-state index < -0.39 is 28.7 Å². The summed E-state index contributed by atoms with van der Waals surface area (Å²) in [5.41, 5.74) is 5.31. The van der Waals surface area contributed by atoms with Gasteiger partial charge in [0, 0.05) is 36.1 Å². The van der Waals surface area contributed by atoms with Gasteiger partial charge >= 0.3 is 0 Å². The molecule has 2 bridgehead atoms. The first kappa shape index (κ1) is 24.9. The zero-order valence-corrected chi connectivity index (χ0v) is 21.8. The van der Waals surface area contributed by atoms with Gasteiger partial charge in [0.05, 0.1) is 16.8 Å². The highest BCUT2D eigenvalue weighted by Crippen LogP contribution is 2.61. The molecule has 1 N–H and O–H groups in total. The van der Waals surface area contributed by atoms with Crippen molar-refractivity contribution in [3.05, 3.63) is 141 Å². The zero-order valence-electron chi connectivity index (χ0n) is 21.8. The van der Waals surface area contributed by atoms with Gasteiger partial charge in [-0.25, -0.2) is 0 Å². The first-order valence-corrected chi connectivity index (χ1v) is 13.6. The van der Waals surface area contributed by atoms with E-state index in [2.05, 4.69) is 5.32 Å². The van der Waals surface area contributed by atoms with Crippen molar-refractivity contribution in [1.82, 2.24) is 4.90 Å². The first-order chi connectivity index (χ1) is 19.9. The Balaban J connectivity index is 1.28. The third kappa shape index (κ3) is 3.86. The number of nitrogens with one attached hydrogen (secondary N) is 1. The van der Waals surface area contributed by atoms with Crippen LogP contribution in [0.2, 0.25) is 0 Å². The maximum atomic E-state index is 14.3. The SMILES string of the molecule is O=C(Nc1ccc([N+](=O)[O-])cc1)[C@H](Cc1ccccc1)N1C(=O)[C@H]2C3c4ccccc4C(c4ccccc43)[C@@H]2C1=O. The van der Waals surface area contributed by atoms with Gasteiger partial charge < -0.3 is 5.32 Å².